The van der Waals surface area contributed by atoms with E-state index in [0.717, 1.165) is 12.1 Å². The lowest BCUT2D eigenvalue weighted by Gasteiger charge is -2.27. The summed E-state index contributed by atoms with van der Waals surface area (Å²) in [5, 5.41) is 2.90. The highest BCUT2D eigenvalue weighted by atomic mass is 19.4. The molecule has 0 saturated heterocycles. The Morgan fingerprint density at radius 3 is 2.32 bits per heavy atom. The van der Waals surface area contributed by atoms with Gasteiger partial charge in [0.15, 0.2) is 0 Å². The maximum atomic E-state index is 12.5. The van der Waals surface area contributed by atoms with Crippen molar-refractivity contribution >= 4 is 17.3 Å². The normalized spacial score (nSPS) is 12.3. The number of halogens is 3. The molecule has 0 aliphatic carbocycles. The van der Waals surface area contributed by atoms with Crippen LogP contribution >= 0.6 is 0 Å². The average Bonchev–Trinajstić information content (AvgIpc) is 2.16. The predicted molar refractivity (Wildman–Crippen MR) is 67.4 cm³/mol. The second kappa shape index (κ2) is 4.99. The van der Waals surface area contributed by atoms with Crippen LogP contribution in [0.2, 0.25) is 0 Å². The monoisotopic (exact) mass is 275 g/mol. The van der Waals surface area contributed by atoms with Crippen LogP contribution in [0.25, 0.3) is 0 Å². The Hall–Kier alpha value is -1.92. The number of hydrogen-bond acceptors (Lipinski definition) is 3. The second-order valence-corrected chi connectivity index (χ2v) is 4.95. The van der Waals surface area contributed by atoms with Crippen LogP contribution in [0.4, 0.5) is 24.5 Å². The molecule has 0 spiro atoms. The maximum Gasteiger partial charge on any atom is 0.416 e. The number of carbonyl (C=O) groups is 1. The van der Waals surface area contributed by atoms with E-state index in [2.05, 4.69) is 5.32 Å². The molecule has 0 aliphatic heterocycles. The molecule has 0 saturated carbocycles. The van der Waals surface area contributed by atoms with Gasteiger partial charge in [-0.3, -0.25) is 4.79 Å². The molecule has 19 heavy (non-hydrogen) atoms. The Bertz CT molecular complexity index is 484. The minimum atomic E-state index is -4.44. The van der Waals surface area contributed by atoms with Gasteiger partial charge in [0, 0.05) is 12.0 Å². The van der Waals surface area contributed by atoms with E-state index in [1.807, 2.05) is 0 Å². The SMILES string of the molecule is CC(C)(CC(N)=O)Nc1ccc(C(F)(F)F)cc1N. The fourth-order valence-electron chi connectivity index (χ4n) is 1.70. The first-order valence-electron chi connectivity index (χ1n) is 5.54. The van der Waals surface area contributed by atoms with E-state index in [9.17, 15) is 18.0 Å². The van der Waals surface area contributed by atoms with Crippen LogP contribution in [0.15, 0.2) is 18.2 Å². The lowest BCUT2D eigenvalue weighted by molar-refractivity contribution is -0.137. The highest BCUT2D eigenvalue weighted by molar-refractivity contribution is 5.76. The lowest BCUT2D eigenvalue weighted by atomic mass is 9.99. The minimum Gasteiger partial charge on any atom is -0.397 e. The fourth-order valence-corrected chi connectivity index (χ4v) is 1.70. The zero-order chi connectivity index (χ0) is 14.8. The van der Waals surface area contributed by atoms with Gasteiger partial charge in [-0.25, -0.2) is 0 Å². The number of carbonyl (C=O) groups excluding carboxylic acids is 1. The number of alkyl halides is 3. The van der Waals surface area contributed by atoms with E-state index in [4.69, 9.17) is 11.5 Å². The molecule has 1 amide bonds. The van der Waals surface area contributed by atoms with Crippen molar-refractivity contribution in [3.63, 3.8) is 0 Å². The quantitative estimate of drug-likeness (QED) is 0.738. The van der Waals surface area contributed by atoms with Crippen LogP contribution in [0.5, 0.6) is 0 Å². The van der Waals surface area contributed by atoms with Crippen LogP contribution < -0.4 is 16.8 Å². The summed E-state index contributed by atoms with van der Waals surface area (Å²) in [4.78, 5) is 10.9. The van der Waals surface area contributed by atoms with Crippen molar-refractivity contribution in [3.05, 3.63) is 23.8 Å². The molecular formula is C12H16F3N3O. The number of nitrogens with one attached hydrogen (secondary N) is 1. The van der Waals surface area contributed by atoms with Crippen molar-refractivity contribution < 1.29 is 18.0 Å². The van der Waals surface area contributed by atoms with Gasteiger partial charge in [0.1, 0.15) is 0 Å². The summed E-state index contributed by atoms with van der Waals surface area (Å²) >= 11 is 0. The van der Waals surface area contributed by atoms with Crippen molar-refractivity contribution in [1.29, 1.82) is 0 Å². The number of amides is 1. The molecule has 5 N–H and O–H groups in total. The van der Waals surface area contributed by atoms with E-state index in [1.165, 1.54) is 6.07 Å². The molecule has 0 atom stereocenters. The van der Waals surface area contributed by atoms with Gasteiger partial charge in [-0.05, 0) is 32.0 Å². The number of primary amides is 1. The van der Waals surface area contributed by atoms with E-state index < -0.39 is 23.2 Å². The Morgan fingerprint density at radius 1 is 1.32 bits per heavy atom. The number of anilines is 2. The molecule has 0 fully saturated rings. The largest absolute Gasteiger partial charge is 0.416 e. The summed E-state index contributed by atoms with van der Waals surface area (Å²) < 4.78 is 37.4. The van der Waals surface area contributed by atoms with Gasteiger partial charge in [-0.2, -0.15) is 13.2 Å². The molecule has 0 bridgehead atoms. The topological polar surface area (TPSA) is 81.1 Å². The number of rotatable bonds is 4. The number of hydrogen-bond donors (Lipinski definition) is 3. The molecule has 1 aromatic carbocycles. The highest BCUT2D eigenvalue weighted by Crippen LogP contribution is 2.33. The number of benzene rings is 1. The molecule has 0 aromatic heterocycles. The van der Waals surface area contributed by atoms with Gasteiger partial charge in [0.2, 0.25) is 5.91 Å². The smallest absolute Gasteiger partial charge is 0.397 e. The van der Waals surface area contributed by atoms with E-state index >= 15 is 0 Å². The number of nitrogen functional groups attached to an aromatic ring is 1. The molecule has 0 radical (unpaired) electrons. The van der Waals surface area contributed by atoms with Crippen molar-refractivity contribution in [3.8, 4) is 0 Å². The third-order valence-electron chi connectivity index (χ3n) is 2.47. The van der Waals surface area contributed by atoms with Crippen molar-refractivity contribution in [2.24, 2.45) is 5.73 Å². The van der Waals surface area contributed by atoms with Crippen LogP contribution in [-0.4, -0.2) is 11.4 Å². The van der Waals surface area contributed by atoms with Gasteiger partial charge < -0.3 is 16.8 Å². The molecule has 0 unspecified atom stereocenters. The Morgan fingerprint density at radius 2 is 1.89 bits per heavy atom. The third kappa shape index (κ3) is 4.35. The molecular weight excluding hydrogens is 259 g/mol. The summed E-state index contributed by atoms with van der Waals surface area (Å²) in [7, 11) is 0. The van der Waals surface area contributed by atoms with Crippen molar-refractivity contribution in [1.82, 2.24) is 0 Å². The first-order valence-corrected chi connectivity index (χ1v) is 5.54. The predicted octanol–water partition coefficient (Wildman–Crippen LogP) is 2.35. The third-order valence-corrected chi connectivity index (χ3v) is 2.47. The fraction of sp³-hybridized carbons (Fsp3) is 0.417. The standard InChI is InChI=1S/C12H16F3N3O/c1-11(2,6-10(17)19)18-9-4-3-7(5-8(9)16)12(13,14)15/h3-5,18H,6,16H2,1-2H3,(H2,17,19). The molecule has 106 valence electrons. The van der Waals surface area contributed by atoms with Gasteiger partial charge in [-0.1, -0.05) is 0 Å². The highest BCUT2D eigenvalue weighted by Gasteiger charge is 2.31. The molecule has 1 rings (SSSR count). The van der Waals surface area contributed by atoms with Crippen LogP contribution in [0.1, 0.15) is 25.8 Å². The molecule has 1 aromatic rings. The Balaban J connectivity index is 2.95. The zero-order valence-corrected chi connectivity index (χ0v) is 10.6. The van der Waals surface area contributed by atoms with Gasteiger partial charge in [-0.15, -0.1) is 0 Å². The first kappa shape index (κ1) is 15.1. The van der Waals surface area contributed by atoms with Gasteiger partial charge in [0.25, 0.3) is 0 Å². The summed E-state index contributed by atoms with van der Waals surface area (Å²) in [6.45, 7) is 3.41. The molecule has 7 heteroatoms. The lowest BCUT2D eigenvalue weighted by Crippen LogP contribution is -2.36. The van der Waals surface area contributed by atoms with Gasteiger partial charge >= 0.3 is 6.18 Å². The minimum absolute atomic E-state index is 0.0348. The summed E-state index contributed by atoms with van der Waals surface area (Å²) in [6.07, 6.45) is -4.40. The van der Waals surface area contributed by atoms with Crippen LogP contribution in [-0.2, 0) is 11.0 Å². The molecule has 4 nitrogen and oxygen atoms in total. The maximum absolute atomic E-state index is 12.5. The van der Waals surface area contributed by atoms with Crippen LogP contribution in [0.3, 0.4) is 0 Å². The van der Waals surface area contributed by atoms with Crippen molar-refractivity contribution in [2.75, 3.05) is 11.1 Å². The average molecular weight is 275 g/mol. The second-order valence-electron chi connectivity index (χ2n) is 4.95. The van der Waals surface area contributed by atoms with Crippen LogP contribution in [0, 0.1) is 0 Å². The van der Waals surface area contributed by atoms with E-state index in [0.29, 0.717) is 5.69 Å². The zero-order valence-electron chi connectivity index (χ0n) is 10.6. The summed E-state index contributed by atoms with van der Waals surface area (Å²) in [5.41, 5.74) is 9.46. The molecule has 0 aliphatic rings. The first-order chi connectivity index (χ1) is 8.51. The van der Waals surface area contributed by atoms with E-state index in [-0.39, 0.29) is 12.1 Å². The van der Waals surface area contributed by atoms with Crippen molar-refractivity contribution in [2.45, 2.75) is 32.0 Å². The molecule has 0 heterocycles. The van der Waals surface area contributed by atoms with E-state index in [1.54, 1.807) is 13.8 Å². The summed E-state index contributed by atoms with van der Waals surface area (Å²) in [5.74, 6) is -0.511. The van der Waals surface area contributed by atoms with Gasteiger partial charge in [0.05, 0.1) is 16.9 Å². The summed E-state index contributed by atoms with van der Waals surface area (Å²) in [6, 6.07) is 3.02. The Kier molecular flexibility index (Phi) is 3.97. The Labute approximate surface area is 109 Å². The number of nitrogens with two attached hydrogens (primary N) is 2.